The maximum Gasteiger partial charge on any atom is 0.268 e. The fourth-order valence-corrected chi connectivity index (χ4v) is 5.18. The van der Waals surface area contributed by atoms with Gasteiger partial charge in [0.1, 0.15) is 11.4 Å². The van der Waals surface area contributed by atoms with Gasteiger partial charge in [-0.3, -0.25) is 4.79 Å². The molecule has 0 saturated carbocycles. The summed E-state index contributed by atoms with van der Waals surface area (Å²) in [5.74, 6) is 0.743. The van der Waals surface area contributed by atoms with Crippen LogP contribution in [0.3, 0.4) is 0 Å². The normalized spacial score (nSPS) is 16.7. The fraction of sp³-hybridized carbons (Fsp3) is 0.350. The van der Waals surface area contributed by atoms with Crippen molar-refractivity contribution in [1.29, 1.82) is 0 Å². The third-order valence-electron chi connectivity index (χ3n) is 4.85. The first kappa shape index (κ1) is 18.5. The Balaban J connectivity index is 1.66. The summed E-state index contributed by atoms with van der Waals surface area (Å²) in [5, 5.41) is 5.09. The summed E-state index contributed by atoms with van der Waals surface area (Å²) in [6.45, 7) is 1.90. The third-order valence-corrected chi connectivity index (χ3v) is 6.67. The van der Waals surface area contributed by atoms with Crippen LogP contribution in [0.4, 0.5) is 0 Å². The average molecular weight is 449 g/mol. The molecule has 0 aliphatic carbocycles. The Kier molecular flexibility index (Phi) is 5.52. The van der Waals surface area contributed by atoms with E-state index in [-0.39, 0.29) is 12.0 Å². The largest absolute Gasteiger partial charge is 0.496 e. The number of fused-ring (bicyclic) bond motifs is 1. The van der Waals surface area contributed by atoms with E-state index in [0.717, 1.165) is 45.5 Å². The smallest absolute Gasteiger partial charge is 0.268 e. The molecule has 0 spiro atoms. The number of thiophene rings is 1. The van der Waals surface area contributed by atoms with Crippen LogP contribution < -0.4 is 10.1 Å². The first-order valence-corrected chi connectivity index (χ1v) is 10.6. The zero-order chi connectivity index (χ0) is 18.8. The van der Waals surface area contributed by atoms with Gasteiger partial charge in [0.25, 0.3) is 5.91 Å². The third kappa shape index (κ3) is 3.77. The molecule has 5 nitrogen and oxygen atoms in total. The number of rotatable bonds is 6. The second kappa shape index (κ2) is 8.04. The van der Waals surface area contributed by atoms with Gasteiger partial charge in [0.15, 0.2) is 0 Å². The molecule has 1 aromatic carbocycles. The minimum atomic E-state index is -0.0734. The molecule has 1 atom stereocenters. The van der Waals surface area contributed by atoms with Crippen LogP contribution in [-0.4, -0.2) is 36.8 Å². The van der Waals surface area contributed by atoms with E-state index in [9.17, 15) is 4.79 Å². The number of aromatic nitrogens is 1. The number of nitrogens with zero attached hydrogens (tertiary/aromatic N) is 1. The van der Waals surface area contributed by atoms with Crippen molar-refractivity contribution < 1.29 is 14.3 Å². The van der Waals surface area contributed by atoms with E-state index in [2.05, 4.69) is 31.2 Å². The Morgan fingerprint density at radius 3 is 3.07 bits per heavy atom. The molecule has 4 rings (SSSR count). The molecule has 0 bridgehead atoms. The molecule has 3 aromatic rings. The molecule has 7 heteroatoms. The Morgan fingerprint density at radius 1 is 1.44 bits per heavy atom. The Bertz CT molecular complexity index is 959. The zero-order valence-corrected chi connectivity index (χ0v) is 17.4. The van der Waals surface area contributed by atoms with E-state index >= 15 is 0 Å². The fourth-order valence-electron chi connectivity index (χ4n) is 3.49. The van der Waals surface area contributed by atoms with Crippen LogP contribution in [-0.2, 0) is 11.3 Å². The van der Waals surface area contributed by atoms with E-state index in [1.165, 1.54) is 0 Å². The van der Waals surface area contributed by atoms with Crippen LogP contribution in [0.25, 0.3) is 10.2 Å². The first-order chi connectivity index (χ1) is 13.2. The predicted octanol–water partition coefficient (Wildman–Crippen LogP) is 4.43. The standard InChI is InChI=1S/C20H21BrN2O3S/c1-25-17-7-3-2-5-13(17)11-23-16(9-18-19(23)15(21)12-27-18)20(24)22-10-14-6-4-8-26-14/h2-3,5,7,9,12,14H,4,6,8,10-11H2,1H3,(H,22,24). The van der Waals surface area contributed by atoms with Crippen molar-refractivity contribution in [2.45, 2.75) is 25.5 Å². The highest BCUT2D eigenvalue weighted by molar-refractivity contribution is 9.10. The van der Waals surface area contributed by atoms with Gasteiger partial charge < -0.3 is 19.4 Å². The van der Waals surface area contributed by atoms with Gasteiger partial charge in [-0.2, -0.15) is 0 Å². The van der Waals surface area contributed by atoms with Gasteiger partial charge in [-0.25, -0.2) is 0 Å². The number of carbonyl (C=O) groups excluding carboxylic acids is 1. The number of para-hydroxylation sites is 1. The number of hydrogen-bond acceptors (Lipinski definition) is 4. The number of halogens is 1. The Morgan fingerprint density at radius 2 is 2.30 bits per heavy atom. The minimum Gasteiger partial charge on any atom is -0.496 e. The van der Waals surface area contributed by atoms with Gasteiger partial charge >= 0.3 is 0 Å². The van der Waals surface area contributed by atoms with E-state index in [0.29, 0.717) is 18.8 Å². The number of hydrogen-bond donors (Lipinski definition) is 1. The molecule has 0 radical (unpaired) electrons. The Labute approximate surface area is 170 Å². The lowest BCUT2D eigenvalue weighted by molar-refractivity contribution is 0.0851. The van der Waals surface area contributed by atoms with Crippen LogP contribution in [0.15, 0.2) is 40.2 Å². The highest BCUT2D eigenvalue weighted by Gasteiger charge is 2.22. The molecule has 1 amide bonds. The van der Waals surface area contributed by atoms with Crippen LogP contribution in [0.1, 0.15) is 28.9 Å². The number of carbonyl (C=O) groups is 1. The molecule has 1 N–H and O–H groups in total. The van der Waals surface area contributed by atoms with Crippen molar-refractivity contribution in [3.8, 4) is 5.75 Å². The molecule has 27 heavy (non-hydrogen) atoms. The number of methoxy groups -OCH3 is 1. The molecule has 1 unspecified atom stereocenters. The summed E-state index contributed by atoms with van der Waals surface area (Å²) in [7, 11) is 1.67. The molecule has 1 aliphatic rings. The second-order valence-corrected chi connectivity index (χ2v) is 8.33. The van der Waals surface area contributed by atoms with Crippen LogP contribution in [0.2, 0.25) is 0 Å². The van der Waals surface area contributed by atoms with Gasteiger partial charge in [0.2, 0.25) is 0 Å². The van der Waals surface area contributed by atoms with E-state index in [4.69, 9.17) is 9.47 Å². The van der Waals surface area contributed by atoms with Crippen molar-refractivity contribution in [2.75, 3.05) is 20.3 Å². The zero-order valence-electron chi connectivity index (χ0n) is 15.0. The maximum absolute atomic E-state index is 12.9. The van der Waals surface area contributed by atoms with E-state index in [1.807, 2.05) is 30.3 Å². The predicted molar refractivity (Wildman–Crippen MR) is 111 cm³/mol. The van der Waals surface area contributed by atoms with Crippen molar-refractivity contribution >= 4 is 43.4 Å². The number of nitrogens with one attached hydrogen (secondary N) is 1. The molecule has 2 aromatic heterocycles. The lowest BCUT2D eigenvalue weighted by Crippen LogP contribution is -2.33. The number of amides is 1. The maximum atomic E-state index is 12.9. The lowest BCUT2D eigenvalue weighted by Gasteiger charge is -2.15. The number of benzene rings is 1. The topological polar surface area (TPSA) is 52.5 Å². The molecule has 1 aliphatic heterocycles. The van der Waals surface area contributed by atoms with Crippen LogP contribution >= 0.6 is 27.3 Å². The van der Waals surface area contributed by atoms with E-state index in [1.54, 1.807) is 18.4 Å². The highest BCUT2D eigenvalue weighted by Crippen LogP contribution is 2.34. The summed E-state index contributed by atoms with van der Waals surface area (Å²) in [5.41, 5.74) is 2.72. The monoisotopic (exact) mass is 448 g/mol. The van der Waals surface area contributed by atoms with Crippen molar-refractivity contribution in [2.24, 2.45) is 0 Å². The van der Waals surface area contributed by atoms with Gasteiger partial charge in [0.05, 0.1) is 34.4 Å². The quantitative estimate of drug-likeness (QED) is 0.606. The van der Waals surface area contributed by atoms with Crippen molar-refractivity contribution in [3.63, 3.8) is 0 Å². The SMILES string of the molecule is COc1ccccc1Cn1c(C(=O)NCC2CCCO2)cc2scc(Br)c21. The summed E-state index contributed by atoms with van der Waals surface area (Å²) < 4.78 is 15.2. The molecule has 142 valence electrons. The molecule has 3 heterocycles. The minimum absolute atomic E-state index is 0.0734. The highest BCUT2D eigenvalue weighted by atomic mass is 79.9. The summed E-state index contributed by atoms with van der Waals surface area (Å²) in [4.78, 5) is 12.9. The number of ether oxygens (including phenoxy) is 2. The molecular weight excluding hydrogens is 428 g/mol. The summed E-state index contributed by atoms with van der Waals surface area (Å²) >= 11 is 5.26. The van der Waals surface area contributed by atoms with E-state index < -0.39 is 0 Å². The lowest BCUT2D eigenvalue weighted by atomic mass is 10.2. The van der Waals surface area contributed by atoms with Crippen molar-refractivity contribution in [1.82, 2.24) is 9.88 Å². The van der Waals surface area contributed by atoms with Crippen LogP contribution in [0.5, 0.6) is 5.75 Å². The second-order valence-electron chi connectivity index (χ2n) is 6.57. The van der Waals surface area contributed by atoms with Gasteiger partial charge in [0, 0.05) is 24.1 Å². The van der Waals surface area contributed by atoms with Crippen LogP contribution in [0, 0.1) is 0 Å². The Hall–Kier alpha value is -1.83. The van der Waals surface area contributed by atoms with Gasteiger partial charge in [-0.1, -0.05) is 18.2 Å². The summed E-state index contributed by atoms with van der Waals surface area (Å²) in [6.07, 6.45) is 2.19. The molecular formula is C20H21BrN2O3S. The van der Waals surface area contributed by atoms with Gasteiger partial charge in [-0.05, 0) is 40.9 Å². The molecule has 1 saturated heterocycles. The average Bonchev–Trinajstić information content (AvgIpc) is 3.40. The summed E-state index contributed by atoms with van der Waals surface area (Å²) in [6, 6.07) is 9.86. The first-order valence-electron chi connectivity index (χ1n) is 8.95. The van der Waals surface area contributed by atoms with Gasteiger partial charge in [-0.15, -0.1) is 11.3 Å². The molecule has 1 fully saturated rings. The van der Waals surface area contributed by atoms with Crippen molar-refractivity contribution in [3.05, 3.63) is 51.4 Å².